The van der Waals surface area contributed by atoms with Crippen LogP contribution in [0, 0.1) is 0 Å². The lowest BCUT2D eigenvalue weighted by Gasteiger charge is -2.19. The van der Waals surface area contributed by atoms with E-state index < -0.39 is 0 Å². The number of aromatic hydroxyl groups is 1. The number of halogens is 2. The van der Waals surface area contributed by atoms with Gasteiger partial charge >= 0.3 is 0 Å². The third-order valence-corrected chi connectivity index (χ3v) is 4.71. The lowest BCUT2D eigenvalue weighted by Crippen LogP contribution is -2.35. The highest BCUT2D eigenvalue weighted by molar-refractivity contribution is 6.32. The van der Waals surface area contributed by atoms with Gasteiger partial charge in [0, 0.05) is 49.6 Å². The zero-order valence-corrected chi connectivity index (χ0v) is 17.5. The maximum Gasteiger partial charge on any atom is 0.229 e. The number of phenolic OH excluding ortho intramolecular Hbond substituents is 1. The summed E-state index contributed by atoms with van der Waals surface area (Å²) >= 11 is 5.87. The fraction of sp³-hybridized carbons (Fsp3) is 0.421. The number of amides is 1. The number of aromatic nitrogens is 2. The molecule has 0 bridgehead atoms. The van der Waals surface area contributed by atoms with E-state index >= 15 is 0 Å². The molecule has 9 heteroatoms. The van der Waals surface area contributed by atoms with Gasteiger partial charge in [-0.05, 0) is 25.0 Å². The molecule has 3 N–H and O–H groups in total. The maximum atomic E-state index is 11.3. The van der Waals surface area contributed by atoms with Gasteiger partial charge in [0.05, 0.1) is 5.02 Å². The molecular weight excluding hydrogens is 401 g/mol. The molecule has 1 aromatic heterocycles. The lowest BCUT2D eigenvalue weighted by atomic mass is 10.2. The molecule has 1 aliphatic rings. The van der Waals surface area contributed by atoms with Crippen LogP contribution in [-0.2, 0) is 11.2 Å². The first-order valence-electron chi connectivity index (χ1n) is 9.10. The summed E-state index contributed by atoms with van der Waals surface area (Å²) < 4.78 is 0. The number of benzene rings is 1. The zero-order valence-electron chi connectivity index (χ0n) is 15.9. The molecule has 1 saturated heterocycles. The van der Waals surface area contributed by atoms with Crippen LogP contribution in [0.5, 0.6) is 5.75 Å². The van der Waals surface area contributed by atoms with Gasteiger partial charge in [-0.3, -0.25) is 4.79 Å². The predicted molar refractivity (Wildman–Crippen MR) is 114 cm³/mol. The predicted octanol–water partition coefficient (Wildman–Crippen LogP) is 3.67. The van der Waals surface area contributed by atoms with E-state index in [-0.39, 0.29) is 30.1 Å². The summed E-state index contributed by atoms with van der Waals surface area (Å²) in [6.07, 6.45) is 2.71. The number of hydrogen-bond donors (Lipinski definition) is 3. The van der Waals surface area contributed by atoms with E-state index in [2.05, 4.69) is 32.4 Å². The van der Waals surface area contributed by atoms with E-state index in [0.717, 1.165) is 43.9 Å². The van der Waals surface area contributed by atoms with Crippen LogP contribution in [-0.4, -0.2) is 40.1 Å². The number of carbonyl (C=O) groups is 1. The largest absolute Gasteiger partial charge is 0.506 e. The van der Waals surface area contributed by atoms with Crippen molar-refractivity contribution in [2.45, 2.75) is 39.2 Å². The molecule has 1 atom stereocenters. The molecule has 1 amide bonds. The van der Waals surface area contributed by atoms with Crippen LogP contribution in [0.2, 0.25) is 5.02 Å². The summed E-state index contributed by atoms with van der Waals surface area (Å²) in [7, 11) is 0. The van der Waals surface area contributed by atoms with Gasteiger partial charge in [0.2, 0.25) is 11.9 Å². The van der Waals surface area contributed by atoms with Crippen molar-refractivity contribution in [3.8, 4) is 5.75 Å². The summed E-state index contributed by atoms with van der Waals surface area (Å²) in [5.74, 6) is 1.30. The Kier molecular flexibility index (Phi) is 7.71. The Bertz CT molecular complexity index is 834. The number of rotatable bonds is 6. The van der Waals surface area contributed by atoms with Gasteiger partial charge in [-0.25, -0.2) is 4.98 Å². The number of phenols is 1. The van der Waals surface area contributed by atoms with Crippen LogP contribution < -0.4 is 15.5 Å². The molecule has 0 spiro atoms. The van der Waals surface area contributed by atoms with Crippen LogP contribution in [0.4, 0.5) is 17.5 Å². The van der Waals surface area contributed by atoms with Gasteiger partial charge in [-0.15, -0.1) is 12.4 Å². The lowest BCUT2D eigenvalue weighted by molar-refractivity contribution is -0.119. The smallest absolute Gasteiger partial charge is 0.229 e. The third-order valence-electron chi connectivity index (χ3n) is 4.39. The number of aryl methyl sites for hydroxylation is 1. The molecule has 152 valence electrons. The summed E-state index contributed by atoms with van der Waals surface area (Å²) in [6.45, 7) is 5.20. The number of nitrogens with one attached hydrogen (secondary N) is 2. The first-order chi connectivity index (χ1) is 12.9. The monoisotopic (exact) mass is 425 g/mol. The normalized spacial score (nSPS) is 15.8. The van der Waals surface area contributed by atoms with Crippen molar-refractivity contribution in [2.24, 2.45) is 0 Å². The summed E-state index contributed by atoms with van der Waals surface area (Å²) in [4.78, 5) is 22.7. The zero-order chi connectivity index (χ0) is 19.4. The SMILES string of the molecule is CCCc1cc(N2CCC(NC(C)=O)C2)nc(Nc2ccc(Cl)c(O)c2)n1.Cl. The second kappa shape index (κ2) is 9.80. The highest BCUT2D eigenvalue weighted by Gasteiger charge is 2.24. The quantitative estimate of drug-likeness (QED) is 0.653. The molecule has 0 radical (unpaired) electrons. The van der Waals surface area contributed by atoms with Crippen molar-refractivity contribution < 1.29 is 9.90 Å². The van der Waals surface area contributed by atoms with E-state index in [9.17, 15) is 9.90 Å². The van der Waals surface area contributed by atoms with Crippen molar-refractivity contribution >= 4 is 47.4 Å². The highest BCUT2D eigenvalue weighted by atomic mass is 35.5. The van der Waals surface area contributed by atoms with Gasteiger partial charge in [0.25, 0.3) is 0 Å². The first kappa shape index (κ1) is 22.0. The summed E-state index contributed by atoms with van der Waals surface area (Å²) in [5, 5.41) is 16.2. The van der Waals surface area contributed by atoms with Crippen molar-refractivity contribution in [1.82, 2.24) is 15.3 Å². The summed E-state index contributed by atoms with van der Waals surface area (Å²) in [5.41, 5.74) is 1.61. The Morgan fingerprint density at radius 1 is 1.36 bits per heavy atom. The molecule has 1 aliphatic heterocycles. The highest BCUT2D eigenvalue weighted by Crippen LogP contribution is 2.28. The van der Waals surface area contributed by atoms with Crippen molar-refractivity contribution in [3.05, 3.63) is 35.0 Å². The van der Waals surface area contributed by atoms with E-state index in [1.807, 2.05) is 6.07 Å². The number of nitrogens with zero attached hydrogens (tertiary/aromatic N) is 3. The molecule has 28 heavy (non-hydrogen) atoms. The maximum absolute atomic E-state index is 11.3. The second-order valence-corrected chi connectivity index (χ2v) is 7.12. The molecular formula is C19H25Cl2N5O2. The van der Waals surface area contributed by atoms with Crippen LogP contribution in [0.1, 0.15) is 32.4 Å². The van der Waals surface area contributed by atoms with E-state index in [4.69, 9.17) is 11.6 Å². The fourth-order valence-corrected chi connectivity index (χ4v) is 3.30. The molecule has 1 fully saturated rings. The Morgan fingerprint density at radius 2 is 2.14 bits per heavy atom. The Labute approximate surface area is 175 Å². The number of anilines is 3. The molecule has 2 aromatic rings. The molecule has 0 saturated carbocycles. The van der Waals surface area contributed by atoms with E-state index in [0.29, 0.717) is 16.7 Å². The summed E-state index contributed by atoms with van der Waals surface area (Å²) in [6, 6.07) is 7.07. The van der Waals surface area contributed by atoms with E-state index in [1.54, 1.807) is 18.2 Å². The first-order valence-corrected chi connectivity index (χ1v) is 9.48. The van der Waals surface area contributed by atoms with Crippen LogP contribution >= 0.6 is 24.0 Å². The van der Waals surface area contributed by atoms with Crippen LogP contribution in [0.3, 0.4) is 0 Å². The fourth-order valence-electron chi connectivity index (χ4n) is 3.18. The van der Waals surface area contributed by atoms with Gasteiger partial charge in [0.1, 0.15) is 11.6 Å². The average molecular weight is 426 g/mol. The Morgan fingerprint density at radius 3 is 2.82 bits per heavy atom. The minimum atomic E-state index is -0.0129. The van der Waals surface area contributed by atoms with Crippen molar-refractivity contribution in [2.75, 3.05) is 23.3 Å². The van der Waals surface area contributed by atoms with Gasteiger partial charge in [0.15, 0.2) is 0 Å². The topological polar surface area (TPSA) is 90.4 Å². The molecule has 0 aliphatic carbocycles. The molecule has 3 rings (SSSR count). The van der Waals surface area contributed by atoms with Crippen molar-refractivity contribution in [1.29, 1.82) is 0 Å². The molecule has 7 nitrogen and oxygen atoms in total. The minimum Gasteiger partial charge on any atom is -0.506 e. The molecule has 2 heterocycles. The van der Waals surface area contributed by atoms with Gasteiger partial charge < -0.3 is 20.6 Å². The van der Waals surface area contributed by atoms with Crippen LogP contribution in [0.25, 0.3) is 0 Å². The number of carbonyl (C=O) groups excluding carboxylic acids is 1. The molecule has 1 unspecified atom stereocenters. The average Bonchev–Trinajstić information content (AvgIpc) is 3.06. The Balaban J connectivity index is 0.00000280. The minimum absolute atomic E-state index is 0. The number of hydrogen-bond acceptors (Lipinski definition) is 6. The van der Waals surface area contributed by atoms with Gasteiger partial charge in [-0.2, -0.15) is 4.98 Å². The Hall–Kier alpha value is -2.25. The molecule has 1 aromatic carbocycles. The second-order valence-electron chi connectivity index (χ2n) is 6.71. The van der Waals surface area contributed by atoms with Crippen LogP contribution in [0.15, 0.2) is 24.3 Å². The van der Waals surface area contributed by atoms with Gasteiger partial charge in [-0.1, -0.05) is 24.9 Å². The third kappa shape index (κ3) is 5.62. The van der Waals surface area contributed by atoms with Crippen molar-refractivity contribution in [3.63, 3.8) is 0 Å². The van der Waals surface area contributed by atoms with E-state index in [1.165, 1.54) is 6.92 Å². The standard InChI is InChI=1S/C19H24ClN5O2.ClH/c1-3-4-13-10-18(25-8-7-15(11-25)21-12(2)26)24-19(22-13)23-14-5-6-16(20)17(27)9-14;/h5-6,9-10,15,27H,3-4,7-8,11H2,1-2H3,(H,21,26)(H,22,23,24);1H.